The monoisotopic (exact) mass is 612 g/mol. The standard InChI is InChI=1S/C31H34Cl2N4O5/c1-19-14-25(32)30(26(33)15-19)42-13-12-41-24-8-6-23(7-9-24)37-27(16-34-17-28(37)38)31(39)36(22-4-5-22)18-21-10-11-35-20(2)29(21)40-3/h6-11,14-15,22,27,34H,4-5,12-13,16-18H2,1-3H3/t27-/m1/s1. The smallest absolute Gasteiger partial charge is 0.247 e. The number of nitrogens with zero attached hydrogens (tertiary/aromatic N) is 3. The number of piperazine rings is 1. The minimum absolute atomic E-state index is 0.0968. The first kappa shape index (κ1) is 29.9. The SMILES string of the molecule is COc1c(CN(C(=O)[C@H]2CNCC(=O)N2c2ccc(OCCOc3c(Cl)cc(C)cc3Cl)cc2)C2CC2)ccnc1C. The summed E-state index contributed by atoms with van der Waals surface area (Å²) in [5.74, 6) is 1.45. The second kappa shape index (κ2) is 13.2. The third kappa shape index (κ3) is 6.75. The largest absolute Gasteiger partial charge is 0.494 e. The van der Waals surface area contributed by atoms with Crippen LogP contribution in [0, 0.1) is 13.8 Å². The maximum Gasteiger partial charge on any atom is 0.247 e. The number of halogens is 2. The Kier molecular flexibility index (Phi) is 9.40. The van der Waals surface area contributed by atoms with Crippen LogP contribution in [0.25, 0.3) is 0 Å². The Labute approximate surface area is 255 Å². The lowest BCUT2D eigenvalue weighted by atomic mass is 10.1. The number of anilines is 1. The fourth-order valence-corrected chi connectivity index (χ4v) is 5.88. The summed E-state index contributed by atoms with van der Waals surface area (Å²) in [4.78, 5) is 34.9. The lowest BCUT2D eigenvalue weighted by Crippen LogP contribution is -2.61. The van der Waals surface area contributed by atoms with Gasteiger partial charge in [0.25, 0.3) is 0 Å². The first-order valence-corrected chi connectivity index (χ1v) is 14.7. The van der Waals surface area contributed by atoms with E-state index in [1.807, 2.05) is 24.8 Å². The number of nitrogens with one attached hydrogen (secondary N) is 1. The Hall–Kier alpha value is -3.53. The van der Waals surface area contributed by atoms with Crippen molar-refractivity contribution in [1.29, 1.82) is 0 Å². The number of methoxy groups -OCH3 is 1. The molecule has 0 radical (unpaired) electrons. The fourth-order valence-electron chi connectivity index (χ4n) is 5.18. The molecule has 1 aromatic heterocycles. The highest BCUT2D eigenvalue weighted by Gasteiger charge is 2.41. The van der Waals surface area contributed by atoms with Gasteiger partial charge in [-0.2, -0.15) is 0 Å². The number of pyridine rings is 1. The molecule has 5 rings (SSSR count). The normalized spacial score (nSPS) is 16.7. The van der Waals surface area contributed by atoms with E-state index in [2.05, 4.69) is 10.3 Å². The number of amides is 2. The van der Waals surface area contributed by atoms with Crippen LogP contribution < -0.4 is 24.4 Å². The Balaban J connectivity index is 1.25. The Bertz CT molecular complexity index is 1420. The minimum Gasteiger partial charge on any atom is -0.494 e. The van der Waals surface area contributed by atoms with Crippen LogP contribution in [0.5, 0.6) is 17.2 Å². The molecule has 0 unspecified atom stereocenters. The first-order chi connectivity index (χ1) is 20.3. The number of aryl methyl sites for hydroxylation is 2. The van der Waals surface area contributed by atoms with E-state index in [1.54, 1.807) is 54.6 Å². The van der Waals surface area contributed by atoms with Crippen LogP contribution in [0.1, 0.15) is 29.7 Å². The molecule has 2 fully saturated rings. The second-order valence-electron chi connectivity index (χ2n) is 10.4. The van der Waals surface area contributed by atoms with Crippen molar-refractivity contribution in [2.24, 2.45) is 0 Å². The molecule has 2 amide bonds. The van der Waals surface area contributed by atoms with Gasteiger partial charge in [-0.1, -0.05) is 23.2 Å². The summed E-state index contributed by atoms with van der Waals surface area (Å²) in [7, 11) is 1.61. The van der Waals surface area contributed by atoms with Gasteiger partial charge in [-0.3, -0.25) is 19.5 Å². The van der Waals surface area contributed by atoms with E-state index in [4.69, 9.17) is 37.4 Å². The van der Waals surface area contributed by atoms with Gasteiger partial charge in [0, 0.05) is 36.6 Å². The Morgan fingerprint density at radius 3 is 2.40 bits per heavy atom. The molecule has 0 bridgehead atoms. The molecule has 9 nitrogen and oxygen atoms in total. The number of hydrogen-bond donors (Lipinski definition) is 1. The molecule has 1 saturated heterocycles. The highest BCUT2D eigenvalue weighted by Crippen LogP contribution is 2.35. The van der Waals surface area contributed by atoms with Crippen molar-refractivity contribution in [3.63, 3.8) is 0 Å². The van der Waals surface area contributed by atoms with Crippen LogP contribution in [-0.4, -0.2) is 67.2 Å². The van der Waals surface area contributed by atoms with Crippen molar-refractivity contribution in [2.75, 3.05) is 38.3 Å². The third-order valence-corrected chi connectivity index (χ3v) is 7.88. The quantitative estimate of drug-likeness (QED) is 0.306. The maximum absolute atomic E-state index is 14.0. The van der Waals surface area contributed by atoms with Gasteiger partial charge in [-0.15, -0.1) is 0 Å². The molecule has 222 valence electrons. The predicted octanol–water partition coefficient (Wildman–Crippen LogP) is 4.97. The summed E-state index contributed by atoms with van der Waals surface area (Å²) in [6, 6.07) is 12.1. The van der Waals surface area contributed by atoms with Gasteiger partial charge in [0.2, 0.25) is 11.8 Å². The van der Waals surface area contributed by atoms with Gasteiger partial charge in [0.05, 0.1) is 29.4 Å². The van der Waals surface area contributed by atoms with Crippen LogP contribution in [0.15, 0.2) is 48.7 Å². The van der Waals surface area contributed by atoms with E-state index in [1.165, 1.54) is 0 Å². The molecular weight excluding hydrogens is 579 g/mol. The minimum atomic E-state index is -0.676. The molecule has 1 aliphatic heterocycles. The van der Waals surface area contributed by atoms with Crippen LogP contribution in [-0.2, 0) is 16.1 Å². The average Bonchev–Trinajstić information content (AvgIpc) is 3.80. The van der Waals surface area contributed by atoms with E-state index in [9.17, 15) is 9.59 Å². The summed E-state index contributed by atoms with van der Waals surface area (Å²) < 4.78 is 17.1. The molecule has 42 heavy (non-hydrogen) atoms. The first-order valence-electron chi connectivity index (χ1n) is 13.9. The molecule has 1 N–H and O–H groups in total. The van der Waals surface area contributed by atoms with Crippen LogP contribution in [0.4, 0.5) is 5.69 Å². The van der Waals surface area contributed by atoms with Gasteiger partial charge >= 0.3 is 0 Å². The van der Waals surface area contributed by atoms with E-state index >= 15 is 0 Å². The van der Waals surface area contributed by atoms with Crippen LogP contribution in [0.3, 0.4) is 0 Å². The molecule has 1 atom stereocenters. The van der Waals surface area contributed by atoms with Gasteiger partial charge in [0.15, 0.2) is 5.75 Å². The molecule has 11 heteroatoms. The Morgan fingerprint density at radius 1 is 1.05 bits per heavy atom. The number of benzene rings is 2. The molecule has 1 aliphatic carbocycles. The van der Waals surface area contributed by atoms with E-state index in [-0.39, 0.29) is 37.6 Å². The van der Waals surface area contributed by atoms with Crippen molar-refractivity contribution in [3.05, 3.63) is 75.5 Å². The van der Waals surface area contributed by atoms with Gasteiger partial charge in [-0.05, 0) is 74.7 Å². The van der Waals surface area contributed by atoms with Crippen LogP contribution in [0.2, 0.25) is 10.0 Å². The Morgan fingerprint density at radius 2 is 1.74 bits per heavy atom. The third-order valence-electron chi connectivity index (χ3n) is 7.32. The van der Waals surface area contributed by atoms with E-state index < -0.39 is 6.04 Å². The number of rotatable bonds is 11. The zero-order valence-corrected chi connectivity index (χ0v) is 25.4. The summed E-state index contributed by atoms with van der Waals surface area (Å²) in [5.41, 5.74) is 3.25. The van der Waals surface area contributed by atoms with E-state index in [0.29, 0.717) is 46.1 Å². The topological polar surface area (TPSA) is 93.2 Å². The van der Waals surface area contributed by atoms with Crippen molar-refractivity contribution >= 4 is 40.7 Å². The molecule has 0 spiro atoms. The maximum atomic E-state index is 14.0. The van der Waals surface area contributed by atoms with Crippen LogP contribution >= 0.6 is 23.2 Å². The lowest BCUT2D eigenvalue weighted by Gasteiger charge is -2.38. The average molecular weight is 614 g/mol. The number of carbonyl (C=O) groups excluding carboxylic acids is 2. The number of hydrogen-bond acceptors (Lipinski definition) is 7. The molecule has 2 aromatic carbocycles. The lowest BCUT2D eigenvalue weighted by molar-refractivity contribution is -0.136. The number of ether oxygens (including phenoxy) is 3. The molecular formula is C31H34Cl2N4O5. The van der Waals surface area contributed by atoms with Gasteiger partial charge in [-0.25, -0.2) is 0 Å². The summed E-state index contributed by atoms with van der Waals surface area (Å²) in [5, 5.41) is 4.01. The molecule has 2 heterocycles. The highest BCUT2D eigenvalue weighted by atomic mass is 35.5. The van der Waals surface area contributed by atoms with Crippen molar-refractivity contribution < 1.29 is 23.8 Å². The molecule has 3 aromatic rings. The number of aromatic nitrogens is 1. The fraction of sp³-hybridized carbons (Fsp3) is 0.387. The predicted molar refractivity (Wildman–Crippen MR) is 162 cm³/mol. The second-order valence-corrected chi connectivity index (χ2v) is 11.3. The zero-order valence-electron chi connectivity index (χ0n) is 23.9. The van der Waals surface area contributed by atoms with Gasteiger partial charge < -0.3 is 24.4 Å². The van der Waals surface area contributed by atoms with Crippen molar-refractivity contribution in [2.45, 2.75) is 45.3 Å². The summed E-state index contributed by atoms with van der Waals surface area (Å²) >= 11 is 12.5. The van der Waals surface area contributed by atoms with Gasteiger partial charge in [0.1, 0.15) is 30.8 Å². The van der Waals surface area contributed by atoms with E-state index in [0.717, 1.165) is 29.7 Å². The van der Waals surface area contributed by atoms with Crippen molar-refractivity contribution in [1.82, 2.24) is 15.2 Å². The molecule has 1 saturated carbocycles. The number of carbonyl (C=O) groups is 2. The molecule has 2 aliphatic rings. The highest BCUT2D eigenvalue weighted by molar-refractivity contribution is 6.37. The summed E-state index contributed by atoms with van der Waals surface area (Å²) in [6.45, 7) is 5.21. The summed E-state index contributed by atoms with van der Waals surface area (Å²) in [6.07, 6.45) is 3.60. The zero-order chi connectivity index (χ0) is 29.8. The van der Waals surface area contributed by atoms with Crippen molar-refractivity contribution in [3.8, 4) is 17.2 Å².